The first kappa shape index (κ1) is 13.9. The van der Waals surface area contributed by atoms with Crippen LogP contribution in [0.1, 0.15) is 11.6 Å². The summed E-state index contributed by atoms with van der Waals surface area (Å²) < 4.78 is 0.950. The van der Waals surface area contributed by atoms with Gasteiger partial charge in [0.15, 0.2) is 0 Å². The van der Waals surface area contributed by atoms with Crippen molar-refractivity contribution in [3.05, 3.63) is 46.6 Å². The van der Waals surface area contributed by atoms with E-state index in [-0.39, 0.29) is 5.91 Å². The molecule has 0 fully saturated rings. The Kier molecular flexibility index (Phi) is 3.55. The highest BCUT2D eigenvalue weighted by atomic mass is 79.9. The molecule has 21 heavy (non-hydrogen) atoms. The molecule has 2 aromatic rings. The maximum absolute atomic E-state index is 12.1. The molecule has 3 rings (SSSR count). The topological polar surface area (TPSA) is 57.3 Å². The lowest BCUT2D eigenvalue weighted by Gasteiger charge is -2.15. The first-order valence-electron chi connectivity index (χ1n) is 6.55. The zero-order chi connectivity index (χ0) is 15.0. The smallest absolute Gasteiger partial charge is 0.251 e. The number of halogens is 1. The van der Waals surface area contributed by atoms with Gasteiger partial charge in [0.25, 0.3) is 5.91 Å². The van der Waals surface area contributed by atoms with E-state index in [1.807, 2.05) is 49.3 Å². The van der Waals surface area contributed by atoms with Crippen LogP contribution in [0, 0.1) is 0 Å². The Balaban J connectivity index is 1.85. The van der Waals surface area contributed by atoms with E-state index in [2.05, 4.69) is 31.5 Å². The van der Waals surface area contributed by atoms with Crippen LogP contribution < -0.4 is 15.5 Å². The van der Waals surface area contributed by atoms with Gasteiger partial charge in [0.2, 0.25) is 0 Å². The zero-order valence-corrected chi connectivity index (χ0v) is 13.3. The standard InChI is InChI=1S/C15H15BrN4O/c1-20(2)13-6-4-10(8-17-13)18-14-11-7-9(16)3-5-12(11)19-15(14)21/h3-8,14,18H,1-2H3,(H,19,21). The first-order chi connectivity index (χ1) is 10.0. The third kappa shape index (κ3) is 2.71. The number of anilines is 3. The molecule has 0 saturated heterocycles. The highest BCUT2D eigenvalue weighted by molar-refractivity contribution is 9.10. The zero-order valence-electron chi connectivity index (χ0n) is 11.7. The van der Waals surface area contributed by atoms with Crippen molar-refractivity contribution in [3.8, 4) is 0 Å². The van der Waals surface area contributed by atoms with Crippen LogP contribution in [0.5, 0.6) is 0 Å². The van der Waals surface area contributed by atoms with E-state index >= 15 is 0 Å². The van der Waals surface area contributed by atoms with Gasteiger partial charge in [-0.2, -0.15) is 0 Å². The molecule has 0 radical (unpaired) electrons. The molecule has 6 heteroatoms. The summed E-state index contributed by atoms with van der Waals surface area (Å²) in [5.41, 5.74) is 2.60. The van der Waals surface area contributed by atoms with Crippen LogP contribution in [-0.4, -0.2) is 25.0 Å². The lowest BCUT2D eigenvalue weighted by Crippen LogP contribution is -2.20. The number of pyridine rings is 1. The van der Waals surface area contributed by atoms with Gasteiger partial charge in [-0.25, -0.2) is 4.98 Å². The Morgan fingerprint density at radius 2 is 2.10 bits per heavy atom. The van der Waals surface area contributed by atoms with Crippen LogP contribution in [0.4, 0.5) is 17.2 Å². The Labute approximate surface area is 131 Å². The van der Waals surface area contributed by atoms with E-state index in [0.29, 0.717) is 0 Å². The molecule has 1 amide bonds. The fraction of sp³-hybridized carbons (Fsp3) is 0.200. The molecular weight excluding hydrogens is 332 g/mol. The molecule has 1 unspecified atom stereocenters. The third-order valence-corrected chi connectivity index (χ3v) is 3.85. The molecule has 1 aliphatic rings. The van der Waals surface area contributed by atoms with Gasteiger partial charge in [-0.1, -0.05) is 15.9 Å². The highest BCUT2D eigenvalue weighted by Crippen LogP contribution is 2.35. The third-order valence-electron chi connectivity index (χ3n) is 3.36. The van der Waals surface area contributed by atoms with Gasteiger partial charge in [0.05, 0.1) is 11.9 Å². The van der Waals surface area contributed by atoms with Gasteiger partial charge in [0, 0.05) is 29.8 Å². The normalized spacial score (nSPS) is 16.3. The summed E-state index contributed by atoms with van der Waals surface area (Å²) in [4.78, 5) is 18.4. The summed E-state index contributed by atoms with van der Waals surface area (Å²) in [7, 11) is 3.88. The van der Waals surface area contributed by atoms with Gasteiger partial charge in [-0.3, -0.25) is 4.79 Å². The quantitative estimate of drug-likeness (QED) is 0.896. The van der Waals surface area contributed by atoms with Crippen LogP contribution in [0.15, 0.2) is 41.0 Å². The van der Waals surface area contributed by atoms with Gasteiger partial charge in [-0.15, -0.1) is 0 Å². The lowest BCUT2D eigenvalue weighted by molar-refractivity contribution is -0.116. The fourth-order valence-electron chi connectivity index (χ4n) is 2.28. The molecular formula is C15H15BrN4O. The number of fused-ring (bicyclic) bond motifs is 1. The average Bonchev–Trinajstić information content (AvgIpc) is 2.76. The molecule has 1 atom stereocenters. The summed E-state index contributed by atoms with van der Waals surface area (Å²) in [6, 6.07) is 9.20. The molecule has 0 spiro atoms. The van der Waals surface area contributed by atoms with Gasteiger partial charge >= 0.3 is 0 Å². The Morgan fingerprint density at radius 3 is 2.76 bits per heavy atom. The molecule has 1 aromatic carbocycles. The Bertz CT molecular complexity index is 685. The van der Waals surface area contributed by atoms with Crippen molar-refractivity contribution >= 4 is 39.0 Å². The molecule has 1 aliphatic heterocycles. The molecule has 2 heterocycles. The second-order valence-electron chi connectivity index (χ2n) is 5.10. The van der Waals surface area contributed by atoms with Gasteiger partial charge in [0.1, 0.15) is 11.9 Å². The largest absolute Gasteiger partial charge is 0.369 e. The van der Waals surface area contributed by atoms with Crippen LogP contribution in [0.2, 0.25) is 0 Å². The minimum Gasteiger partial charge on any atom is -0.369 e. The van der Waals surface area contributed by atoms with E-state index in [1.165, 1.54) is 0 Å². The van der Waals surface area contributed by atoms with E-state index in [4.69, 9.17) is 0 Å². The minimum absolute atomic E-state index is 0.0558. The summed E-state index contributed by atoms with van der Waals surface area (Å²) in [5.74, 6) is 0.819. The molecule has 0 aliphatic carbocycles. The molecule has 1 aromatic heterocycles. The molecule has 5 nitrogen and oxygen atoms in total. The Hall–Kier alpha value is -2.08. The summed E-state index contributed by atoms with van der Waals surface area (Å²) in [5, 5.41) is 6.10. The number of carbonyl (C=O) groups is 1. The predicted molar refractivity (Wildman–Crippen MR) is 87.7 cm³/mol. The molecule has 108 valence electrons. The van der Waals surface area contributed by atoms with E-state index in [9.17, 15) is 4.79 Å². The number of rotatable bonds is 3. The summed E-state index contributed by atoms with van der Waals surface area (Å²) >= 11 is 3.44. The monoisotopic (exact) mass is 346 g/mol. The second-order valence-corrected chi connectivity index (χ2v) is 6.01. The van der Waals surface area contributed by atoms with Crippen molar-refractivity contribution < 1.29 is 4.79 Å². The highest BCUT2D eigenvalue weighted by Gasteiger charge is 2.30. The van der Waals surface area contributed by atoms with Gasteiger partial charge in [-0.05, 0) is 30.3 Å². The number of amides is 1. The average molecular weight is 347 g/mol. The van der Waals surface area contributed by atoms with Crippen LogP contribution in [0.3, 0.4) is 0 Å². The maximum atomic E-state index is 12.1. The number of nitrogens with one attached hydrogen (secondary N) is 2. The number of nitrogens with zero attached hydrogens (tertiary/aromatic N) is 2. The summed E-state index contributed by atoms with van der Waals surface area (Å²) in [6.07, 6.45) is 1.73. The van der Waals surface area contributed by atoms with E-state index < -0.39 is 6.04 Å². The van der Waals surface area contributed by atoms with Crippen molar-refractivity contribution in [2.24, 2.45) is 0 Å². The fourth-order valence-corrected chi connectivity index (χ4v) is 2.66. The van der Waals surface area contributed by atoms with E-state index in [1.54, 1.807) is 6.20 Å². The number of benzene rings is 1. The van der Waals surface area contributed by atoms with Crippen molar-refractivity contribution in [2.75, 3.05) is 29.6 Å². The minimum atomic E-state index is -0.399. The van der Waals surface area contributed by atoms with Gasteiger partial charge < -0.3 is 15.5 Å². The second kappa shape index (κ2) is 5.37. The first-order valence-corrected chi connectivity index (χ1v) is 7.34. The van der Waals surface area contributed by atoms with Crippen molar-refractivity contribution in [3.63, 3.8) is 0 Å². The van der Waals surface area contributed by atoms with Crippen LogP contribution in [-0.2, 0) is 4.79 Å². The van der Waals surface area contributed by atoms with Crippen LogP contribution in [0.25, 0.3) is 0 Å². The van der Waals surface area contributed by atoms with Crippen molar-refractivity contribution in [1.82, 2.24) is 4.98 Å². The molecule has 2 N–H and O–H groups in total. The predicted octanol–water partition coefficient (Wildman–Crippen LogP) is 3.02. The van der Waals surface area contributed by atoms with E-state index in [0.717, 1.165) is 27.2 Å². The van der Waals surface area contributed by atoms with Crippen molar-refractivity contribution in [2.45, 2.75) is 6.04 Å². The molecule has 0 saturated carbocycles. The summed E-state index contributed by atoms with van der Waals surface area (Å²) in [6.45, 7) is 0. The number of hydrogen-bond acceptors (Lipinski definition) is 4. The number of hydrogen-bond donors (Lipinski definition) is 2. The number of aromatic nitrogens is 1. The van der Waals surface area contributed by atoms with Crippen molar-refractivity contribution in [1.29, 1.82) is 0 Å². The molecule has 0 bridgehead atoms. The SMILES string of the molecule is CN(C)c1ccc(NC2C(=O)Nc3ccc(Br)cc32)cn1. The number of carbonyl (C=O) groups excluding carboxylic acids is 1. The maximum Gasteiger partial charge on any atom is 0.251 e. The lowest BCUT2D eigenvalue weighted by atomic mass is 10.1. The van der Waals surface area contributed by atoms with Crippen LogP contribution >= 0.6 is 15.9 Å². The Morgan fingerprint density at radius 1 is 1.29 bits per heavy atom.